The number of carbonyl (C=O) groups excluding carboxylic acids is 1. The topological polar surface area (TPSA) is 58.1 Å². The zero-order chi connectivity index (χ0) is 18.0. The highest BCUT2D eigenvalue weighted by Crippen LogP contribution is 2.35. The fraction of sp³-hybridized carbons (Fsp3) is 0.611. The average Bonchev–Trinajstić information content (AvgIpc) is 2.87. The number of rotatable bonds is 5. The Labute approximate surface area is 157 Å². The Morgan fingerprint density at radius 3 is 2.68 bits per heavy atom. The number of thioether (sulfide) groups is 1. The number of aromatic nitrogens is 2. The standard InChI is InChI=1S/C18H26N4OS2/c1-5-22-8-6-14(7-9-22)21-15(23)10-24-17-16-11(2)12(3)25-18(16)20-13(4)19-17/h14H,5-10H2,1-4H3,(H,21,23). The highest BCUT2D eigenvalue weighted by atomic mass is 32.2. The SMILES string of the molecule is CCN1CCC(NC(=O)CSc2nc(C)nc3sc(C)c(C)c23)CC1. The molecule has 1 aliphatic heterocycles. The molecule has 2 aromatic heterocycles. The first-order valence-corrected chi connectivity index (χ1v) is 10.7. The second-order valence-corrected chi connectivity index (χ2v) is 8.77. The van der Waals surface area contributed by atoms with Gasteiger partial charge in [-0.15, -0.1) is 11.3 Å². The van der Waals surface area contributed by atoms with Gasteiger partial charge in [0.15, 0.2) is 0 Å². The van der Waals surface area contributed by atoms with Crippen LogP contribution in [0.3, 0.4) is 0 Å². The quantitative estimate of drug-likeness (QED) is 0.639. The molecule has 3 heterocycles. The van der Waals surface area contributed by atoms with Gasteiger partial charge in [0, 0.05) is 29.4 Å². The summed E-state index contributed by atoms with van der Waals surface area (Å²) < 4.78 is 0. The van der Waals surface area contributed by atoms with E-state index >= 15 is 0 Å². The minimum atomic E-state index is 0.106. The van der Waals surface area contributed by atoms with Crippen molar-refractivity contribution in [2.24, 2.45) is 0 Å². The van der Waals surface area contributed by atoms with Crippen molar-refractivity contribution in [3.63, 3.8) is 0 Å². The second-order valence-electron chi connectivity index (χ2n) is 6.60. The minimum Gasteiger partial charge on any atom is -0.353 e. The first kappa shape index (κ1) is 18.6. The van der Waals surface area contributed by atoms with Gasteiger partial charge in [0.05, 0.1) is 5.75 Å². The zero-order valence-electron chi connectivity index (χ0n) is 15.4. The fourth-order valence-corrected chi connectivity index (χ4v) is 5.30. The van der Waals surface area contributed by atoms with Crippen LogP contribution in [-0.4, -0.2) is 52.2 Å². The van der Waals surface area contributed by atoms with Crippen molar-refractivity contribution >= 4 is 39.2 Å². The third-order valence-electron chi connectivity index (χ3n) is 4.85. The Hall–Kier alpha value is -1.18. The summed E-state index contributed by atoms with van der Waals surface area (Å²) in [6, 6.07) is 0.313. The lowest BCUT2D eigenvalue weighted by Crippen LogP contribution is -2.45. The van der Waals surface area contributed by atoms with Gasteiger partial charge in [-0.1, -0.05) is 18.7 Å². The number of hydrogen-bond acceptors (Lipinski definition) is 6. The largest absolute Gasteiger partial charge is 0.353 e. The van der Waals surface area contributed by atoms with Crippen LogP contribution in [0.25, 0.3) is 10.2 Å². The Morgan fingerprint density at radius 2 is 2.00 bits per heavy atom. The van der Waals surface area contributed by atoms with Crippen LogP contribution in [0.2, 0.25) is 0 Å². The highest BCUT2D eigenvalue weighted by Gasteiger charge is 2.20. The number of thiophene rings is 1. The Balaban J connectivity index is 1.62. The van der Waals surface area contributed by atoms with E-state index < -0.39 is 0 Å². The zero-order valence-corrected chi connectivity index (χ0v) is 17.0. The molecule has 2 aromatic rings. The molecule has 1 fully saturated rings. The third-order valence-corrected chi connectivity index (χ3v) is 6.92. The summed E-state index contributed by atoms with van der Waals surface area (Å²) in [7, 11) is 0. The van der Waals surface area contributed by atoms with E-state index in [4.69, 9.17) is 0 Å². The first-order chi connectivity index (χ1) is 12.0. The van der Waals surface area contributed by atoms with Gasteiger partial charge in [0.1, 0.15) is 15.7 Å². The summed E-state index contributed by atoms with van der Waals surface area (Å²) in [5, 5.41) is 5.23. The van der Waals surface area contributed by atoms with Gasteiger partial charge in [-0.2, -0.15) is 0 Å². The van der Waals surface area contributed by atoms with E-state index in [1.54, 1.807) is 11.3 Å². The number of hydrogen-bond donors (Lipinski definition) is 1. The second kappa shape index (κ2) is 8.01. The van der Waals surface area contributed by atoms with E-state index in [0.29, 0.717) is 11.8 Å². The maximum absolute atomic E-state index is 12.4. The van der Waals surface area contributed by atoms with Crippen molar-refractivity contribution in [3.05, 3.63) is 16.3 Å². The monoisotopic (exact) mass is 378 g/mol. The van der Waals surface area contributed by atoms with Crippen LogP contribution in [0, 0.1) is 20.8 Å². The van der Waals surface area contributed by atoms with Crippen LogP contribution in [-0.2, 0) is 4.79 Å². The molecule has 0 unspecified atom stereocenters. The summed E-state index contributed by atoms with van der Waals surface area (Å²) in [6.07, 6.45) is 2.09. The van der Waals surface area contributed by atoms with Crippen molar-refractivity contribution in [1.82, 2.24) is 20.2 Å². The molecule has 0 aromatic carbocycles. The van der Waals surface area contributed by atoms with Crippen molar-refractivity contribution in [1.29, 1.82) is 0 Å². The number of nitrogens with one attached hydrogen (secondary N) is 1. The number of aryl methyl sites for hydroxylation is 3. The molecule has 7 heteroatoms. The molecule has 3 rings (SSSR count). The van der Waals surface area contributed by atoms with Crippen LogP contribution in [0.15, 0.2) is 5.03 Å². The Bertz CT molecular complexity index is 766. The van der Waals surface area contributed by atoms with Crippen molar-refractivity contribution < 1.29 is 4.79 Å². The Morgan fingerprint density at radius 1 is 1.28 bits per heavy atom. The van der Waals surface area contributed by atoms with E-state index in [1.807, 2.05) is 6.92 Å². The van der Waals surface area contributed by atoms with E-state index in [9.17, 15) is 4.79 Å². The minimum absolute atomic E-state index is 0.106. The molecule has 1 amide bonds. The van der Waals surface area contributed by atoms with Crippen molar-refractivity contribution in [2.45, 2.75) is 51.6 Å². The normalized spacial score (nSPS) is 16.5. The molecular weight excluding hydrogens is 352 g/mol. The van der Waals surface area contributed by atoms with Crippen LogP contribution >= 0.6 is 23.1 Å². The lowest BCUT2D eigenvalue weighted by molar-refractivity contribution is -0.119. The van der Waals surface area contributed by atoms with Crippen LogP contribution < -0.4 is 5.32 Å². The predicted octanol–water partition coefficient (Wildman–Crippen LogP) is 3.31. The van der Waals surface area contributed by atoms with Gasteiger partial charge in [0.2, 0.25) is 5.91 Å². The number of piperidine rings is 1. The molecular formula is C18H26N4OS2. The number of nitrogens with zero attached hydrogens (tertiary/aromatic N) is 3. The smallest absolute Gasteiger partial charge is 0.230 e. The molecule has 0 atom stereocenters. The number of likely N-dealkylation sites (tertiary alicyclic amines) is 1. The lowest BCUT2D eigenvalue weighted by atomic mass is 10.1. The van der Waals surface area contributed by atoms with Gasteiger partial charge < -0.3 is 10.2 Å². The number of amides is 1. The van der Waals surface area contributed by atoms with Crippen LogP contribution in [0.5, 0.6) is 0 Å². The van der Waals surface area contributed by atoms with E-state index in [1.165, 1.54) is 22.2 Å². The molecule has 25 heavy (non-hydrogen) atoms. The molecule has 0 radical (unpaired) electrons. The average molecular weight is 379 g/mol. The van der Waals surface area contributed by atoms with Gasteiger partial charge in [0.25, 0.3) is 0 Å². The van der Waals surface area contributed by atoms with E-state index in [-0.39, 0.29) is 5.91 Å². The fourth-order valence-electron chi connectivity index (χ4n) is 3.22. The number of carbonyl (C=O) groups is 1. The molecule has 5 nitrogen and oxygen atoms in total. The van der Waals surface area contributed by atoms with Crippen molar-refractivity contribution in [2.75, 3.05) is 25.4 Å². The molecule has 1 aliphatic rings. The van der Waals surface area contributed by atoms with Gasteiger partial charge >= 0.3 is 0 Å². The van der Waals surface area contributed by atoms with Gasteiger partial charge in [-0.05, 0) is 45.7 Å². The summed E-state index contributed by atoms with van der Waals surface area (Å²) >= 11 is 3.23. The van der Waals surface area contributed by atoms with Crippen molar-refractivity contribution in [3.8, 4) is 0 Å². The van der Waals surface area contributed by atoms with E-state index in [2.05, 4.69) is 41.0 Å². The lowest BCUT2D eigenvalue weighted by Gasteiger charge is -2.31. The van der Waals surface area contributed by atoms with Gasteiger partial charge in [-0.25, -0.2) is 9.97 Å². The summed E-state index contributed by atoms with van der Waals surface area (Å²) in [6.45, 7) is 11.6. The molecule has 1 saturated heterocycles. The molecule has 136 valence electrons. The highest BCUT2D eigenvalue weighted by molar-refractivity contribution is 8.00. The first-order valence-electron chi connectivity index (χ1n) is 8.86. The molecule has 0 spiro atoms. The molecule has 0 saturated carbocycles. The maximum atomic E-state index is 12.4. The summed E-state index contributed by atoms with van der Waals surface area (Å²) in [4.78, 5) is 26.2. The third kappa shape index (κ3) is 4.33. The number of fused-ring (bicyclic) bond motifs is 1. The maximum Gasteiger partial charge on any atom is 0.230 e. The van der Waals surface area contributed by atoms with Gasteiger partial charge in [-0.3, -0.25) is 4.79 Å². The summed E-state index contributed by atoms with van der Waals surface area (Å²) in [5.41, 5.74) is 1.23. The molecule has 1 N–H and O–H groups in total. The summed E-state index contributed by atoms with van der Waals surface area (Å²) in [5.74, 6) is 1.28. The Kier molecular flexibility index (Phi) is 5.96. The molecule has 0 bridgehead atoms. The van der Waals surface area contributed by atoms with E-state index in [0.717, 1.165) is 53.5 Å². The molecule has 0 aliphatic carbocycles. The predicted molar refractivity (Wildman–Crippen MR) is 106 cm³/mol. The van der Waals surface area contributed by atoms with Crippen LogP contribution in [0.1, 0.15) is 36.0 Å². The van der Waals surface area contributed by atoms with Crippen LogP contribution in [0.4, 0.5) is 0 Å².